The maximum absolute atomic E-state index is 13.5. The Morgan fingerprint density at radius 1 is 0.971 bits per heavy atom. The smallest absolute Gasteiger partial charge is 0.228 e. The van der Waals surface area contributed by atoms with E-state index in [-0.39, 0.29) is 23.8 Å². The molecule has 0 aliphatic heterocycles. The largest absolute Gasteiger partial charge is 0.377 e. The molecule has 0 fully saturated rings. The van der Waals surface area contributed by atoms with E-state index in [0.717, 1.165) is 27.4 Å². The van der Waals surface area contributed by atoms with E-state index < -0.39 is 0 Å². The first kappa shape index (κ1) is 25.5. The van der Waals surface area contributed by atoms with Crippen molar-refractivity contribution in [3.05, 3.63) is 82.0 Å². The van der Waals surface area contributed by atoms with E-state index in [1.807, 2.05) is 91.7 Å². The lowest BCUT2D eigenvalue weighted by Gasteiger charge is -2.31. The van der Waals surface area contributed by atoms with Crippen molar-refractivity contribution in [1.82, 2.24) is 4.90 Å². The SMILES string of the molecule is CC(C)CC(=O)Nc1ccc(N(C)C)c(CN(C(=O)Cc2cccs2)C(C)c2ccccc2)c1. The highest BCUT2D eigenvalue weighted by molar-refractivity contribution is 7.10. The maximum atomic E-state index is 13.5. The summed E-state index contributed by atoms with van der Waals surface area (Å²) in [6.07, 6.45) is 0.845. The quantitative estimate of drug-likeness (QED) is 0.382. The van der Waals surface area contributed by atoms with E-state index in [1.165, 1.54) is 0 Å². The van der Waals surface area contributed by atoms with Crippen molar-refractivity contribution in [2.75, 3.05) is 24.3 Å². The van der Waals surface area contributed by atoms with Crippen molar-refractivity contribution in [1.29, 1.82) is 0 Å². The number of nitrogens with one attached hydrogen (secondary N) is 1. The van der Waals surface area contributed by atoms with Crippen LogP contribution < -0.4 is 10.2 Å². The van der Waals surface area contributed by atoms with Crippen LogP contribution in [0.3, 0.4) is 0 Å². The normalized spacial score (nSPS) is 11.8. The first-order chi connectivity index (χ1) is 16.2. The predicted molar refractivity (Wildman–Crippen MR) is 142 cm³/mol. The Bertz CT molecular complexity index is 1080. The molecule has 180 valence electrons. The highest BCUT2D eigenvalue weighted by atomic mass is 32.1. The lowest BCUT2D eigenvalue weighted by Crippen LogP contribution is -2.34. The van der Waals surface area contributed by atoms with E-state index in [4.69, 9.17) is 0 Å². The number of hydrogen-bond donors (Lipinski definition) is 1. The van der Waals surface area contributed by atoms with Crippen LogP contribution in [0.1, 0.15) is 49.2 Å². The zero-order valence-electron chi connectivity index (χ0n) is 20.7. The summed E-state index contributed by atoms with van der Waals surface area (Å²) >= 11 is 1.60. The minimum atomic E-state index is -0.0946. The van der Waals surface area contributed by atoms with Gasteiger partial charge in [-0.05, 0) is 53.6 Å². The van der Waals surface area contributed by atoms with Gasteiger partial charge in [0.25, 0.3) is 0 Å². The molecule has 1 heterocycles. The van der Waals surface area contributed by atoms with Gasteiger partial charge in [-0.25, -0.2) is 0 Å². The molecule has 0 saturated heterocycles. The molecule has 2 aromatic carbocycles. The van der Waals surface area contributed by atoms with Crippen molar-refractivity contribution in [2.45, 2.75) is 46.2 Å². The summed E-state index contributed by atoms with van der Waals surface area (Å²) in [5.74, 6) is 0.372. The van der Waals surface area contributed by atoms with E-state index >= 15 is 0 Å². The molecule has 1 atom stereocenters. The molecule has 0 bridgehead atoms. The Kier molecular flexibility index (Phi) is 8.88. The molecule has 0 spiro atoms. The molecule has 1 aromatic heterocycles. The molecule has 6 heteroatoms. The van der Waals surface area contributed by atoms with Gasteiger partial charge in [-0.2, -0.15) is 0 Å². The average Bonchev–Trinajstić information content (AvgIpc) is 3.30. The topological polar surface area (TPSA) is 52.7 Å². The van der Waals surface area contributed by atoms with E-state index in [1.54, 1.807) is 11.3 Å². The van der Waals surface area contributed by atoms with Gasteiger partial charge in [0.15, 0.2) is 0 Å². The zero-order valence-corrected chi connectivity index (χ0v) is 21.6. The van der Waals surface area contributed by atoms with Crippen LogP contribution in [0.5, 0.6) is 0 Å². The lowest BCUT2D eigenvalue weighted by molar-refractivity contribution is -0.133. The third-order valence-electron chi connectivity index (χ3n) is 5.75. The van der Waals surface area contributed by atoms with Gasteiger partial charge in [0.2, 0.25) is 11.8 Å². The van der Waals surface area contributed by atoms with Gasteiger partial charge in [-0.1, -0.05) is 50.2 Å². The second kappa shape index (κ2) is 11.8. The minimum Gasteiger partial charge on any atom is -0.377 e. The van der Waals surface area contributed by atoms with Crippen molar-refractivity contribution < 1.29 is 9.59 Å². The molecule has 1 N–H and O–H groups in total. The van der Waals surface area contributed by atoms with E-state index in [2.05, 4.69) is 24.4 Å². The fraction of sp³-hybridized carbons (Fsp3) is 0.357. The van der Waals surface area contributed by atoms with Crippen LogP contribution >= 0.6 is 11.3 Å². The molecule has 2 amide bonds. The molecular formula is C28H35N3O2S. The van der Waals surface area contributed by atoms with Crippen molar-refractivity contribution in [3.8, 4) is 0 Å². The van der Waals surface area contributed by atoms with Gasteiger partial charge in [0.05, 0.1) is 12.5 Å². The van der Waals surface area contributed by atoms with Crippen LogP contribution in [0.2, 0.25) is 0 Å². The number of amides is 2. The number of thiophene rings is 1. The molecular weight excluding hydrogens is 442 g/mol. The van der Waals surface area contributed by atoms with Gasteiger partial charge in [0, 0.05) is 43.3 Å². The number of anilines is 2. The molecule has 3 aromatic rings. The van der Waals surface area contributed by atoms with Crippen molar-refractivity contribution >= 4 is 34.5 Å². The molecule has 0 radical (unpaired) electrons. The van der Waals surface area contributed by atoms with Gasteiger partial charge in [0.1, 0.15) is 0 Å². The molecule has 1 unspecified atom stereocenters. The summed E-state index contributed by atoms with van der Waals surface area (Å²) < 4.78 is 0. The predicted octanol–water partition coefficient (Wildman–Crippen LogP) is 6.13. The van der Waals surface area contributed by atoms with Crippen molar-refractivity contribution in [3.63, 3.8) is 0 Å². The summed E-state index contributed by atoms with van der Waals surface area (Å²) in [5, 5.41) is 5.02. The Labute approximate surface area is 207 Å². The summed E-state index contributed by atoms with van der Waals surface area (Å²) in [4.78, 5) is 31.0. The van der Waals surface area contributed by atoms with Crippen LogP contribution in [-0.4, -0.2) is 30.8 Å². The number of rotatable bonds is 10. The van der Waals surface area contributed by atoms with Gasteiger partial charge in [-0.15, -0.1) is 11.3 Å². The van der Waals surface area contributed by atoms with Crippen LogP contribution in [-0.2, 0) is 22.6 Å². The summed E-state index contributed by atoms with van der Waals surface area (Å²) in [6, 6.07) is 19.9. The van der Waals surface area contributed by atoms with Crippen LogP contribution in [0.4, 0.5) is 11.4 Å². The van der Waals surface area contributed by atoms with E-state index in [9.17, 15) is 9.59 Å². The molecule has 0 aliphatic rings. The third-order valence-corrected chi connectivity index (χ3v) is 6.63. The van der Waals surface area contributed by atoms with Gasteiger partial charge >= 0.3 is 0 Å². The summed E-state index contributed by atoms with van der Waals surface area (Å²) in [5.41, 5.74) is 3.87. The summed E-state index contributed by atoms with van der Waals surface area (Å²) in [6.45, 7) is 6.58. The summed E-state index contributed by atoms with van der Waals surface area (Å²) in [7, 11) is 3.99. The number of carbonyl (C=O) groups excluding carboxylic acids is 2. The average molecular weight is 478 g/mol. The lowest BCUT2D eigenvalue weighted by atomic mass is 10.0. The standard InChI is InChI=1S/C28H35N3O2S/c1-20(2)16-27(32)29-24-13-14-26(30(4)5)23(17-24)19-31(21(3)22-10-7-6-8-11-22)28(33)18-25-12-9-15-34-25/h6-15,17,20-21H,16,18-19H2,1-5H3,(H,29,32). The fourth-order valence-electron chi connectivity index (χ4n) is 4.01. The number of nitrogens with zero attached hydrogens (tertiary/aromatic N) is 2. The van der Waals surface area contributed by atoms with E-state index in [0.29, 0.717) is 19.4 Å². The number of benzene rings is 2. The highest BCUT2D eigenvalue weighted by Gasteiger charge is 2.24. The third kappa shape index (κ3) is 6.94. The maximum Gasteiger partial charge on any atom is 0.228 e. The first-order valence-corrected chi connectivity index (χ1v) is 12.6. The second-order valence-electron chi connectivity index (χ2n) is 9.25. The van der Waals surface area contributed by atoms with Gasteiger partial charge < -0.3 is 15.1 Å². The number of hydrogen-bond acceptors (Lipinski definition) is 4. The van der Waals surface area contributed by atoms with Gasteiger partial charge in [-0.3, -0.25) is 9.59 Å². The minimum absolute atomic E-state index is 0.00170. The Morgan fingerprint density at radius 3 is 2.32 bits per heavy atom. The van der Waals surface area contributed by atoms with Crippen LogP contribution in [0.15, 0.2) is 66.0 Å². The zero-order chi connectivity index (χ0) is 24.7. The number of carbonyl (C=O) groups is 2. The molecule has 5 nitrogen and oxygen atoms in total. The fourth-order valence-corrected chi connectivity index (χ4v) is 4.70. The Hall–Kier alpha value is -3.12. The molecule has 34 heavy (non-hydrogen) atoms. The Balaban J connectivity index is 1.93. The Morgan fingerprint density at radius 2 is 1.71 bits per heavy atom. The molecule has 0 aliphatic carbocycles. The monoisotopic (exact) mass is 477 g/mol. The van der Waals surface area contributed by atoms with Crippen molar-refractivity contribution in [2.24, 2.45) is 5.92 Å². The molecule has 0 saturated carbocycles. The molecule has 3 rings (SSSR count). The van der Waals surface area contributed by atoms with Crippen LogP contribution in [0, 0.1) is 5.92 Å². The van der Waals surface area contributed by atoms with Crippen LogP contribution in [0.25, 0.3) is 0 Å². The highest BCUT2D eigenvalue weighted by Crippen LogP contribution is 2.29. The first-order valence-electron chi connectivity index (χ1n) is 11.7. The second-order valence-corrected chi connectivity index (χ2v) is 10.3.